The Balaban J connectivity index is 1.58. The number of imide groups is 2. The summed E-state index contributed by atoms with van der Waals surface area (Å²) >= 11 is 12.3. The number of methoxy groups -OCH3 is 1. The summed E-state index contributed by atoms with van der Waals surface area (Å²) in [5, 5.41) is 0.164. The Morgan fingerprint density at radius 2 is 1.26 bits per heavy atom. The van der Waals surface area contributed by atoms with E-state index in [1.807, 2.05) is 0 Å². The topological polar surface area (TPSA) is 110 Å². The van der Waals surface area contributed by atoms with E-state index in [1.54, 1.807) is 60.7 Å². The highest BCUT2D eigenvalue weighted by atomic mass is 35.5. The Labute approximate surface area is 251 Å². The number of urea groups is 1. The lowest BCUT2D eigenvalue weighted by Gasteiger charge is -2.33. The standard InChI is InChI=1S/C30H20Cl2N2O7S/c1-40-26-18-19(17-25(32)27(26)41-42(38,39)23-14-12-20(31)13-15-23)16-24-28(35)33(21-8-4-2-5-9-21)30(37)34(29(24)36)22-10-6-3-7-11-22/h2-18H,1H3. The summed E-state index contributed by atoms with van der Waals surface area (Å²) in [6.07, 6.45) is 1.24. The van der Waals surface area contributed by atoms with Gasteiger partial charge < -0.3 is 8.92 Å². The van der Waals surface area contributed by atoms with Gasteiger partial charge in [-0.1, -0.05) is 59.6 Å². The molecule has 1 aliphatic rings. The monoisotopic (exact) mass is 622 g/mol. The Hall–Kier alpha value is -4.64. The SMILES string of the molecule is COc1cc(C=C2C(=O)N(c3ccccc3)C(=O)N(c3ccccc3)C2=O)cc(Cl)c1OS(=O)(=O)c1ccc(Cl)cc1. The van der Waals surface area contributed by atoms with Crippen LogP contribution in [0.25, 0.3) is 6.08 Å². The maximum absolute atomic E-state index is 13.6. The predicted molar refractivity (Wildman–Crippen MR) is 158 cm³/mol. The molecule has 5 rings (SSSR count). The summed E-state index contributed by atoms with van der Waals surface area (Å²) in [6, 6.07) is 23.5. The molecule has 1 saturated heterocycles. The Morgan fingerprint density at radius 3 is 1.76 bits per heavy atom. The first-order chi connectivity index (χ1) is 20.1. The predicted octanol–water partition coefficient (Wildman–Crippen LogP) is 6.35. The fraction of sp³-hybridized carbons (Fsp3) is 0.0333. The largest absolute Gasteiger partial charge is 0.493 e. The number of para-hydroxylation sites is 2. The normalized spacial score (nSPS) is 13.8. The molecule has 0 saturated carbocycles. The summed E-state index contributed by atoms with van der Waals surface area (Å²) in [5.41, 5.74) is 0.389. The van der Waals surface area contributed by atoms with Crippen LogP contribution in [0.15, 0.2) is 108 Å². The minimum Gasteiger partial charge on any atom is -0.493 e. The molecule has 0 atom stereocenters. The first-order valence-electron chi connectivity index (χ1n) is 12.2. The molecule has 0 aromatic heterocycles. The summed E-state index contributed by atoms with van der Waals surface area (Å²) in [4.78, 5) is 42.3. The van der Waals surface area contributed by atoms with Crippen molar-refractivity contribution in [1.29, 1.82) is 0 Å². The van der Waals surface area contributed by atoms with Crippen molar-refractivity contribution in [1.82, 2.24) is 0 Å². The Kier molecular flexibility index (Phi) is 8.04. The molecule has 212 valence electrons. The van der Waals surface area contributed by atoms with Crippen molar-refractivity contribution in [3.8, 4) is 11.5 Å². The van der Waals surface area contributed by atoms with Crippen molar-refractivity contribution in [2.45, 2.75) is 4.90 Å². The third-order valence-electron chi connectivity index (χ3n) is 6.14. The third kappa shape index (κ3) is 5.60. The van der Waals surface area contributed by atoms with Crippen molar-refractivity contribution < 1.29 is 31.7 Å². The molecule has 1 aliphatic heterocycles. The van der Waals surface area contributed by atoms with E-state index in [0.717, 1.165) is 9.80 Å². The zero-order valence-corrected chi connectivity index (χ0v) is 24.1. The smallest absolute Gasteiger partial charge is 0.343 e. The molecule has 0 aliphatic carbocycles. The van der Waals surface area contributed by atoms with Gasteiger partial charge in [0.2, 0.25) is 5.75 Å². The maximum Gasteiger partial charge on any atom is 0.343 e. The number of halogens is 2. The highest BCUT2D eigenvalue weighted by Crippen LogP contribution is 2.39. The molecule has 0 spiro atoms. The molecule has 9 nitrogen and oxygen atoms in total. The number of hydrogen-bond donors (Lipinski definition) is 0. The van der Waals surface area contributed by atoms with E-state index in [0.29, 0.717) is 5.02 Å². The molecule has 0 N–H and O–H groups in total. The van der Waals surface area contributed by atoms with Gasteiger partial charge in [-0.2, -0.15) is 8.42 Å². The van der Waals surface area contributed by atoms with Crippen LogP contribution in [0, 0.1) is 0 Å². The number of carbonyl (C=O) groups excluding carboxylic acids is 3. The summed E-state index contributed by atoms with van der Waals surface area (Å²) in [6.45, 7) is 0. The second-order valence-corrected chi connectivity index (χ2v) is 11.2. The number of nitrogens with zero attached hydrogens (tertiary/aromatic N) is 2. The van der Waals surface area contributed by atoms with Crippen LogP contribution in [0.1, 0.15) is 5.56 Å². The second-order valence-electron chi connectivity index (χ2n) is 8.82. The average Bonchev–Trinajstić information content (AvgIpc) is 2.98. The molecule has 12 heteroatoms. The summed E-state index contributed by atoms with van der Waals surface area (Å²) in [7, 11) is -3.05. The number of amides is 4. The summed E-state index contributed by atoms with van der Waals surface area (Å²) < 4.78 is 36.4. The highest BCUT2D eigenvalue weighted by molar-refractivity contribution is 7.87. The van der Waals surface area contributed by atoms with E-state index in [9.17, 15) is 22.8 Å². The molecule has 1 heterocycles. The molecule has 0 radical (unpaired) electrons. The van der Waals surface area contributed by atoms with Crippen LogP contribution in [-0.4, -0.2) is 33.4 Å². The van der Waals surface area contributed by atoms with Gasteiger partial charge in [-0.3, -0.25) is 9.59 Å². The molecule has 4 aromatic carbocycles. The van der Waals surface area contributed by atoms with E-state index in [1.165, 1.54) is 49.6 Å². The molecule has 0 unspecified atom stereocenters. The van der Waals surface area contributed by atoms with Crippen molar-refractivity contribution >= 4 is 68.6 Å². The van der Waals surface area contributed by atoms with Gasteiger partial charge in [0.05, 0.1) is 23.5 Å². The third-order valence-corrected chi connectivity index (χ3v) is 7.90. The number of anilines is 2. The van der Waals surface area contributed by atoms with Crippen molar-refractivity contribution in [3.05, 3.63) is 118 Å². The lowest BCUT2D eigenvalue weighted by Crippen LogP contribution is -2.57. The van der Waals surface area contributed by atoms with Crippen LogP contribution in [0.2, 0.25) is 10.0 Å². The zero-order chi connectivity index (χ0) is 30.0. The van der Waals surface area contributed by atoms with Crippen LogP contribution in [0.5, 0.6) is 11.5 Å². The molecule has 42 heavy (non-hydrogen) atoms. The molecular weight excluding hydrogens is 603 g/mol. The van der Waals surface area contributed by atoms with Crippen molar-refractivity contribution in [3.63, 3.8) is 0 Å². The van der Waals surface area contributed by atoms with Crippen LogP contribution < -0.4 is 18.7 Å². The Morgan fingerprint density at radius 1 is 0.738 bits per heavy atom. The van der Waals surface area contributed by atoms with E-state index in [4.69, 9.17) is 32.1 Å². The highest BCUT2D eigenvalue weighted by Gasteiger charge is 2.43. The van der Waals surface area contributed by atoms with E-state index in [-0.39, 0.29) is 43.9 Å². The minimum atomic E-state index is -4.32. The van der Waals surface area contributed by atoms with E-state index < -0.39 is 28.0 Å². The quantitative estimate of drug-likeness (QED) is 0.134. The van der Waals surface area contributed by atoms with Gasteiger partial charge in [0.15, 0.2) is 5.75 Å². The lowest BCUT2D eigenvalue weighted by atomic mass is 10.0. The van der Waals surface area contributed by atoms with Crippen LogP contribution in [0.4, 0.5) is 16.2 Å². The maximum atomic E-state index is 13.6. The van der Waals surface area contributed by atoms with Crippen LogP contribution in [0.3, 0.4) is 0 Å². The molecule has 1 fully saturated rings. The van der Waals surface area contributed by atoms with E-state index in [2.05, 4.69) is 0 Å². The number of hydrogen-bond acceptors (Lipinski definition) is 7. The number of rotatable bonds is 7. The molecular formula is C30H20Cl2N2O7S. The van der Waals surface area contributed by atoms with Gasteiger partial charge in [0.25, 0.3) is 11.8 Å². The zero-order valence-electron chi connectivity index (χ0n) is 21.7. The minimum absolute atomic E-state index is 0.0847. The van der Waals surface area contributed by atoms with Crippen LogP contribution in [-0.2, 0) is 19.7 Å². The van der Waals surface area contributed by atoms with Gasteiger partial charge in [-0.05, 0) is 72.3 Å². The fourth-order valence-corrected chi connectivity index (χ4v) is 5.56. The van der Waals surface area contributed by atoms with Gasteiger partial charge in [0, 0.05) is 5.02 Å². The first-order valence-corrected chi connectivity index (χ1v) is 14.4. The lowest BCUT2D eigenvalue weighted by molar-refractivity contribution is -0.121. The van der Waals surface area contributed by atoms with Gasteiger partial charge in [-0.15, -0.1) is 0 Å². The van der Waals surface area contributed by atoms with Gasteiger partial charge in [0.1, 0.15) is 10.5 Å². The van der Waals surface area contributed by atoms with Crippen molar-refractivity contribution in [2.24, 2.45) is 0 Å². The van der Waals surface area contributed by atoms with Gasteiger partial charge >= 0.3 is 16.1 Å². The van der Waals surface area contributed by atoms with Crippen LogP contribution >= 0.6 is 23.2 Å². The first kappa shape index (κ1) is 28.9. The number of carbonyl (C=O) groups is 3. The van der Waals surface area contributed by atoms with Gasteiger partial charge in [-0.25, -0.2) is 14.6 Å². The number of benzene rings is 4. The number of ether oxygens (including phenoxy) is 1. The Bertz CT molecular complexity index is 1770. The van der Waals surface area contributed by atoms with E-state index >= 15 is 0 Å². The fourth-order valence-electron chi connectivity index (χ4n) is 4.17. The number of barbiturate groups is 1. The molecule has 4 amide bonds. The molecule has 4 aromatic rings. The summed E-state index contributed by atoms with van der Waals surface area (Å²) in [5.74, 6) is -2.10. The van der Waals surface area contributed by atoms with Crippen molar-refractivity contribution in [2.75, 3.05) is 16.9 Å². The second kappa shape index (κ2) is 11.7. The molecule has 0 bridgehead atoms. The average molecular weight is 623 g/mol.